The molecule has 4 heteroatoms. The molecule has 1 aromatic heterocycles. The van der Waals surface area contributed by atoms with Crippen molar-refractivity contribution in [3.05, 3.63) is 87.6 Å². The lowest BCUT2D eigenvalue weighted by molar-refractivity contribution is 0.443. The van der Waals surface area contributed by atoms with Crippen LogP contribution in [0.5, 0.6) is 0 Å². The van der Waals surface area contributed by atoms with Crippen molar-refractivity contribution in [3.63, 3.8) is 0 Å². The molecule has 3 aromatic rings. The summed E-state index contributed by atoms with van der Waals surface area (Å²) >= 11 is 6.04. The second-order valence-electron chi connectivity index (χ2n) is 7.14. The van der Waals surface area contributed by atoms with Gasteiger partial charge in [0.05, 0.1) is 12.2 Å². The minimum Gasteiger partial charge on any atom is -0.294 e. The molecule has 134 valence electrons. The number of hydrogen-bond donors (Lipinski definition) is 0. The molecule has 0 spiro atoms. The van der Waals surface area contributed by atoms with E-state index < -0.39 is 0 Å². The number of aromatic nitrogens is 2. The van der Waals surface area contributed by atoms with E-state index in [0.29, 0.717) is 17.5 Å². The van der Waals surface area contributed by atoms with Gasteiger partial charge in [0.25, 0.3) is 0 Å². The zero-order chi connectivity index (χ0) is 17.9. The fourth-order valence-corrected chi connectivity index (χ4v) is 4.07. The lowest BCUT2D eigenvalue weighted by Crippen LogP contribution is -2.23. The third-order valence-corrected chi connectivity index (χ3v) is 5.58. The van der Waals surface area contributed by atoms with Gasteiger partial charge in [-0.05, 0) is 48.1 Å². The van der Waals surface area contributed by atoms with Crippen LogP contribution < -0.4 is 5.69 Å². The van der Waals surface area contributed by atoms with Gasteiger partial charge in [-0.2, -0.15) is 0 Å². The standard InChI is InChI=1S/C22H23ClN2O/c23-20-7-4-8-21(15-20)25-14-13-24(22(25)26)16-17-9-11-19(12-10-17)18-5-2-1-3-6-18/h4,7-15,18H,1-3,5-6,16H2. The minimum atomic E-state index is -0.0522. The number of nitrogens with zero attached hydrogens (tertiary/aromatic N) is 2. The molecular formula is C22H23ClN2O. The summed E-state index contributed by atoms with van der Waals surface area (Å²) in [5.41, 5.74) is 3.32. The van der Waals surface area contributed by atoms with Crippen LogP contribution in [0.1, 0.15) is 49.1 Å². The molecule has 0 unspecified atom stereocenters. The first-order valence-corrected chi connectivity index (χ1v) is 9.71. The molecule has 0 amide bonds. The maximum Gasteiger partial charge on any atom is 0.333 e. The van der Waals surface area contributed by atoms with Crippen LogP contribution in [-0.2, 0) is 6.54 Å². The summed E-state index contributed by atoms with van der Waals surface area (Å²) in [4.78, 5) is 12.7. The fraction of sp³-hybridized carbons (Fsp3) is 0.318. The zero-order valence-corrected chi connectivity index (χ0v) is 15.5. The van der Waals surface area contributed by atoms with Gasteiger partial charge < -0.3 is 0 Å². The summed E-state index contributed by atoms with van der Waals surface area (Å²) in [6.45, 7) is 0.581. The normalized spacial score (nSPS) is 15.3. The van der Waals surface area contributed by atoms with Crippen molar-refractivity contribution < 1.29 is 0 Å². The first-order chi connectivity index (χ1) is 12.7. The van der Waals surface area contributed by atoms with E-state index in [9.17, 15) is 4.79 Å². The fourth-order valence-electron chi connectivity index (χ4n) is 3.88. The SMILES string of the molecule is O=c1n(Cc2ccc(C3CCCCC3)cc2)ccn1-c1cccc(Cl)c1. The Morgan fingerprint density at radius 3 is 2.46 bits per heavy atom. The van der Waals surface area contributed by atoms with Crippen molar-refractivity contribution in [2.75, 3.05) is 0 Å². The topological polar surface area (TPSA) is 26.9 Å². The van der Waals surface area contributed by atoms with E-state index in [0.717, 1.165) is 11.3 Å². The second kappa shape index (κ2) is 7.55. The summed E-state index contributed by atoms with van der Waals surface area (Å²) in [6.07, 6.45) is 10.3. The molecule has 0 saturated heterocycles. The van der Waals surface area contributed by atoms with E-state index >= 15 is 0 Å². The molecule has 1 aliphatic carbocycles. The predicted octanol–water partition coefficient (Wildman–Crippen LogP) is 5.39. The highest BCUT2D eigenvalue weighted by molar-refractivity contribution is 6.30. The molecule has 0 aliphatic heterocycles. The molecule has 26 heavy (non-hydrogen) atoms. The Balaban J connectivity index is 1.52. The molecular weight excluding hydrogens is 344 g/mol. The highest BCUT2D eigenvalue weighted by atomic mass is 35.5. The first kappa shape index (κ1) is 17.2. The van der Waals surface area contributed by atoms with Gasteiger partial charge in [-0.15, -0.1) is 0 Å². The van der Waals surface area contributed by atoms with Crippen LogP contribution in [-0.4, -0.2) is 9.13 Å². The summed E-state index contributed by atoms with van der Waals surface area (Å²) in [7, 11) is 0. The Bertz CT molecular complexity index is 933. The Labute approximate surface area is 158 Å². The van der Waals surface area contributed by atoms with Crippen LogP contribution >= 0.6 is 11.6 Å². The van der Waals surface area contributed by atoms with Gasteiger partial charge in [-0.1, -0.05) is 61.2 Å². The molecule has 1 heterocycles. The molecule has 1 aliphatic rings. The number of imidazole rings is 1. The van der Waals surface area contributed by atoms with E-state index in [2.05, 4.69) is 24.3 Å². The van der Waals surface area contributed by atoms with E-state index in [1.807, 2.05) is 18.3 Å². The average molecular weight is 367 g/mol. The monoisotopic (exact) mass is 366 g/mol. The number of rotatable bonds is 4. The van der Waals surface area contributed by atoms with Crippen LogP contribution in [0.2, 0.25) is 5.02 Å². The predicted molar refractivity (Wildman–Crippen MR) is 106 cm³/mol. The third kappa shape index (κ3) is 3.63. The Hall–Kier alpha value is -2.26. The summed E-state index contributed by atoms with van der Waals surface area (Å²) < 4.78 is 3.36. The van der Waals surface area contributed by atoms with Crippen molar-refractivity contribution in [2.45, 2.75) is 44.6 Å². The molecule has 0 bridgehead atoms. The van der Waals surface area contributed by atoms with Crippen molar-refractivity contribution in [1.29, 1.82) is 0 Å². The van der Waals surface area contributed by atoms with Crippen molar-refractivity contribution in [3.8, 4) is 5.69 Å². The Morgan fingerprint density at radius 1 is 0.962 bits per heavy atom. The summed E-state index contributed by atoms with van der Waals surface area (Å²) in [5.74, 6) is 0.712. The maximum absolute atomic E-state index is 12.7. The van der Waals surface area contributed by atoms with E-state index in [-0.39, 0.29) is 5.69 Å². The highest BCUT2D eigenvalue weighted by Gasteiger charge is 2.15. The van der Waals surface area contributed by atoms with Crippen LogP contribution in [0.3, 0.4) is 0 Å². The smallest absolute Gasteiger partial charge is 0.294 e. The van der Waals surface area contributed by atoms with Gasteiger partial charge in [-0.25, -0.2) is 4.79 Å². The number of halogens is 1. The molecule has 2 aromatic carbocycles. The first-order valence-electron chi connectivity index (χ1n) is 9.33. The van der Waals surface area contributed by atoms with Crippen LogP contribution in [0.15, 0.2) is 65.7 Å². The molecule has 1 fully saturated rings. The molecule has 0 N–H and O–H groups in total. The largest absolute Gasteiger partial charge is 0.333 e. The Morgan fingerprint density at radius 2 is 1.73 bits per heavy atom. The molecule has 0 radical (unpaired) electrons. The lowest BCUT2D eigenvalue weighted by atomic mass is 9.84. The van der Waals surface area contributed by atoms with Crippen LogP contribution in [0, 0.1) is 0 Å². The van der Waals surface area contributed by atoms with Gasteiger partial charge in [0.1, 0.15) is 0 Å². The number of hydrogen-bond acceptors (Lipinski definition) is 1. The van der Waals surface area contributed by atoms with Crippen LogP contribution in [0.4, 0.5) is 0 Å². The molecule has 0 atom stereocenters. The van der Waals surface area contributed by atoms with Gasteiger partial charge in [0.2, 0.25) is 0 Å². The average Bonchev–Trinajstić information content (AvgIpc) is 3.03. The molecule has 3 nitrogen and oxygen atoms in total. The van der Waals surface area contributed by atoms with Gasteiger partial charge >= 0.3 is 5.69 Å². The summed E-state index contributed by atoms with van der Waals surface area (Å²) in [6, 6.07) is 16.1. The van der Waals surface area contributed by atoms with Crippen molar-refractivity contribution in [2.24, 2.45) is 0 Å². The number of benzene rings is 2. The van der Waals surface area contributed by atoms with E-state index in [1.54, 1.807) is 27.5 Å². The van der Waals surface area contributed by atoms with Crippen molar-refractivity contribution >= 4 is 11.6 Å². The van der Waals surface area contributed by atoms with E-state index in [1.165, 1.54) is 37.7 Å². The van der Waals surface area contributed by atoms with Crippen molar-refractivity contribution in [1.82, 2.24) is 9.13 Å². The Kier molecular flexibility index (Phi) is 4.98. The van der Waals surface area contributed by atoms with Crippen LogP contribution in [0.25, 0.3) is 5.69 Å². The minimum absolute atomic E-state index is 0.0522. The van der Waals surface area contributed by atoms with E-state index in [4.69, 9.17) is 11.6 Å². The zero-order valence-electron chi connectivity index (χ0n) is 14.8. The molecule has 1 saturated carbocycles. The van der Waals surface area contributed by atoms with Gasteiger partial charge in [-0.3, -0.25) is 9.13 Å². The highest BCUT2D eigenvalue weighted by Crippen LogP contribution is 2.32. The maximum atomic E-state index is 12.7. The second-order valence-corrected chi connectivity index (χ2v) is 7.57. The van der Waals surface area contributed by atoms with Gasteiger partial charge in [0, 0.05) is 17.4 Å². The lowest BCUT2D eigenvalue weighted by Gasteiger charge is -2.22. The molecule has 4 rings (SSSR count). The third-order valence-electron chi connectivity index (χ3n) is 5.34. The quantitative estimate of drug-likeness (QED) is 0.608. The van der Waals surface area contributed by atoms with Gasteiger partial charge in [0.15, 0.2) is 0 Å². The summed E-state index contributed by atoms with van der Waals surface area (Å²) in [5, 5.41) is 0.625.